The minimum Gasteiger partial charge on any atom is -0.0776 e. The molecule has 0 saturated carbocycles. The van der Waals surface area contributed by atoms with Crippen LogP contribution in [-0.4, -0.2) is 16.8 Å². The molecule has 0 heterocycles. The Morgan fingerprint density at radius 2 is 0.350 bits per heavy atom. The van der Waals surface area contributed by atoms with Crippen LogP contribution >= 0.6 is 0 Å². The normalized spacial score (nSPS) is 4.20. The molecule has 0 atom stereocenters. The molecule has 0 nitrogen and oxygen atoms in total. The van der Waals surface area contributed by atoms with Gasteiger partial charge in [0, 0.05) is 16.8 Å². The minimum absolute atomic E-state index is 0. The van der Waals surface area contributed by atoms with E-state index in [2.05, 4.69) is 55.4 Å². The maximum atomic E-state index is 2.12. The van der Waals surface area contributed by atoms with Gasteiger partial charge in [0.2, 0.25) is 0 Å². The molecule has 0 N–H and O–H groups in total. The highest BCUT2D eigenvalue weighted by Crippen LogP contribution is 1.57. The van der Waals surface area contributed by atoms with E-state index >= 15 is 0 Å². The first-order valence-corrected chi connectivity index (χ1v) is 7.66. The smallest absolute Gasteiger partial charge is 0 e. The first-order valence-electron chi connectivity index (χ1n) is 7.66. The number of rotatable bonds is 0. The van der Waals surface area contributed by atoms with Gasteiger partial charge in [0.05, 0.1) is 0 Å². The molecule has 0 aromatic rings. The zero-order valence-electron chi connectivity index (χ0n) is 16.0. The molecule has 20 heavy (non-hydrogen) atoms. The van der Waals surface area contributed by atoms with Crippen molar-refractivity contribution >= 4 is 16.8 Å². The van der Waals surface area contributed by atoms with Gasteiger partial charge in [0.25, 0.3) is 0 Å². The van der Waals surface area contributed by atoms with Crippen LogP contribution in [-0.2, 0) is 0 Å². The molecule has 0 bridgehead atoms. The van der Waals surface area contributed by atoms with E-state index in [1.165, 1.54) is 25.7 Å². The van der Waals surface area contributed by atoms with Crippen molar-refractivity contribution in [2.24, 2.45) is 0 Å². The van der Waals surface area contributed by atoms with Crippen LogP contribution in [0.4, 0.5) is 0 Å². The Bertz CT molecular complexity index is 17.4. The fraction of sp³-hybridized carbons (Fsp3) is 1.00. The largest absolute Gasteiger partial charge is 0.0776 e. The summed E-state index contributed by atoms with van der Waals surface area (Å²) in [7, 11) is 0. The summed E-state index contributed by atoms with van der Waals surface area (Å²) in [6, 6.07) is 0. The van der Waals surface area contributed by atoms with Crippen LogP contribution in [0, 0.1) is 0 Å². The van der Waals surface area contributed by atoms with Crippen molar-refractivity contribution in [2.75, 3.05) is 0 Å². The van der Waals surface area contributed by atoms with Gasteiger partial charge in [-0.15, -0.1) is 0 Å². The fourth-order valence-corrected chi connectivity index (χ4v) is 0. The summed E-state index contributed by atoms with van der Waals surface area (Å²) in [5.74, 6) is 0. The molecule has 0 rings (SSSR count). The van der Waals surface area contributed by atoms with E-state index in [1.807, 2.05) is 27.7 Å². The van der Waals surface area contributed by atoms with Crippen molar-refractivity contribution in [3.05, 3.63) is 0 Å². The molecular formula is C18H52B2. The highest BCUT2D eigenvalue weighted by molar-refractivity contribution is 5.76. The van der Waals surface area contributed by atoms with Gasteiger partial charge in [-0.3, -0.25) is 0 Å². The van der Waals surface area contributed by atoms with Crippen LogP contribution in [0.1, 0.15) is 124 Å². The van der Waals surface area contributed by atoms with Crippen LogP contribution in [0.2, 0.25) is 0 Å². The van der Waals surface area contributed by atoms with Crippen molar-refractivity contribution in [2.45, 2.75) is 124 Å². The van der Waals surface area contributed by atoms with Crippen molar-refractivity contribution < 1.29 is 0 Å². The van der Waals surface area contributed by atoms with Crippen LogP contribution in [0.15, 0.2) is 0 Å². The lowest BCUT2D eigenvalue weighted by Gasteiger charge is -1.48. The van der Waals surface area contributed by atoms with E-state index in [0.29, 0.717) is 0 Å². The van der Waals surface area contributed by atoms with Crippen LogP contribution in [0.25, 0.3) is 0 Å². The molecule has 0 unspecified atom stereocenters. The molecule has 0 aliphatic carbocycles. The summed E-state index contributed by atoms with van der Waals surface area (Å²) >= 11 is 0. The van der Waals surface area contributed by atoms with Gasteiger partial charge in [-0.1, -0.05) is 124 Å². The number of hydrogen-bond acceptors (Lipinski definition) is 0. The second-order valence-corrected chi connectivity index (χ2v) is 2.83. The fourth-order valence-electron chi connectivity index (χ4n) is 0. The van der Waals surface area contributed by atoms with Crippen molar-refractivity contribution in [1.82, 2.24) is 0 Å². The third-order valence-electron chi connectivity index (χ3n) is 0. The summed E-state index contributed by atoms with van der Waals surface area (Å²) in [6.45, 7) is 25.0. The SMILES string of the molecule is C.C.CC.CC.CCC.CCC.CCC.CCC.[B].[B]. The van der Waals surface area contributed by atoms with E-state index in [4.69, 9.17) is 0 Å². The third kappa shape index (κ3) is 315000. The van der Waals surface area contributed by atoms with Gasteiger partial charge in [-0.2, -0.15) is 0 Å². The first kappa shape index (κ1) is 71.8. The highest BCUT2D eigenvalue weighted by Gasteiger charge is 1.36. The molecule has 0 aliphatic rings. The highest BCUT2D eigenvalue weighted by atomic mass is 13.4. The molecule has 0 amide bonds. The summed E-state index contributed by atoms with van der Waals surface area (Å²) in [4.78, 5) is 0. The Labute approximate surface area is 141 Å². The van der Waals surface area contributed by atoms with Gasteiger partial charge >= 0.3 is 0 Å². The second kappa shape index (κ2) is 369. The van der Waals surface area contributed by atoms with E-state index in [-0.39, 0.29) is 31.7 Å². The Hall–Kier alpha value is 0.130. The lowest BCUT2D eigenvalue weighted by atomic mass is 10.6. The van der Waals surface area contributed by atoms with Crippen LogP contribution < -0.4 is 0 Å². The van der Waals surface area contributed by atoms with E-state index in [1.54, 1.807) is 0 Å². The summed E-state index contributed by atoms with van der Waals surface area (Å²) in [6.07, 6.45) is 5.00. The molecule has 6 radical (unpaired) electrons. The van der Waals surface area contributed by atoms with E-state index in [9.17, 15) is 0 Å². The molecule has 0 saturated heterocycles. The third-order valence-corrected chi connectivity index (χ3v) is 0. The average Bonchev–Trinajstić information content (AvgIpc) is 2.27. The van der Waals surface area contributed by atoms with Gasteiger partial charge < -0.3 is 0 Å². The molecule has 0 aromatic carbocycles. The standard InChI is InChI=1S/4C3H8.2C2H6.2CH4.2B/c4*1-3-2;2*1-2;;;;/h4*3H2,1-2H3;2*1-2H3;2*1H4;;. The predicted octanol–water partition coefficient (Wildman–Crippen LogP) is 8.23. The molecular weight excluding hydrogens is 238 g/mol. The Morgan fingerprint density at radius 3 is 0.350 bits per heavy atom. The van der Waals surface area contributed by atoms with Gasteiger partial charge in [0.1, 0.15) is 0 Å². The quantitative estimate of drug-likeness (QED) is 0.394. The maximum absolute atomic E-state index is 2.12. The molecule has 0 spiro atoms. The van der Waals surface area contributed by atoms with Crippen molar-refractivity contribution in [3.63, 3.8) is 0 Å². The molecule has 0 aromatic heterocycles. The van der Waals surface area contributed by atoms with Gasteiger partial charge in [-0.05, 0) is 0 Å². The van der Waals surface area contributed by atoms with Gasteiger partial charge in [-0.25, -0.2) is 0 Å². The summed E-state index contributed by atoms with van der Waals surface area (Å²) in [5, 5.41) is 0. The zero-order chi connectivity index (χ0) is 14.8. The molecule has 130 valence electrons. The first-order chi connectivity index (χ1) is 7.66. The van der Waals surface area contributed by atoms with Crippen molar-refractivity contribution in [1.29, 1.82) is 0 Å². The minimum atomic E-state index is 0. The lowest BCUT2D eigenvalue weighted by Crippen LogP contribution is -1.27. The molecule has 0 aliphatic heterocycles. The molecule has 2 heteroatoms. The van der Waals surface area contributed by atoms with Gasteiger partial charge in [0.15, 0.2) is 0 Å². The van der Waals surface area contributed by atoms with E-state index in [0.717, 1.165) is 0 Å². The maximum Gasteiger partial charge on any atom is 0 e. The Kier molecular flexibility index (Phi) is 1320. The number of hydrogen-bond donors (Lipinski definition) is 0. The topological polar surface area (TPSA) is 0 Å². The summed E-state index contributed by atoms with van der Waals surface area (Å²) < 4.78 is 0. The second-order valence-electron chi connectivity index (χ2n) is 2.83. The zero-order valence-corrected chi connectivity index (χ0v) is 16.0. The molecule has 0 fully saturated rings. The van der Waals surface area contributed by atoms with Crippen LogP contribution in [0.5, 0.6) is 0 Å². The monoisotopic (exact) mass is 290 g/mol. The van der Waals surface area contributed by atoms with Crippen molar-refractivity contribution in [3.8, 4) is 0 Å². The Morgan fingerprint density at radius 1 is 0.350 bits per heavy atom. The predicted molar refractivity (Wildman–Crippen MR) is 112 cm³/mol. The lowest BCUT2D eigenvalue weighted by molar-refractivity contribution is 1.09. The van der Waals surface area contributed by atoms with Crippen LogP contribution in [0.3, 0.4) is 0 Å². The Balaban J connectivity index is -0.00000000727. The van der Waals surface area contributed by atoms with E-state index < -0.39 is 0 Å². The average molecular weight is 290 g/mol. The summed E-state index contributed by atoms with van der Waals surface area (Å²) in [5.41, 5.74) is 0.